The number of rotatable bonds is 4. The van der Waals surface area contributed by atoms with Gasteiger partial charge in [0.15, 0.2) is 0 Å². The molecule has 140 valence electrons. The Bertz CT molecular complexity index is 582. The molecule has 1 atom stereocenters. The van der Waals surface area contributed by atoms with E-state index in [1.165, 1.54) is 6.07 Å². The third-order valence-electron chi connectivity index (χ3n) is 4.96. The predicted octanol–water partition coefficient (Wildman–Crippen LogP) is 3.58. The minimum Gasteiger partial charge on any atom is -0.370 e. The molecule has 0 aliphatic carbocycles. The highest BCUT2D eigenvalue weighted by molar-refractivity contribution is 6.30. The lowest BCUT2D eigenvalue weighted by atomic mass is 9.93. The SMILES string of the molecule is Cl.O=C(CCC1CCNCC1)N1CCOC(c2ccc(F)c(Cl)c2)C1. The number of ether oxygens (including phenoxy) is 1. The average Bonchev–Trinajstić information content (AvgIpc) is 2.63. The summed E-state index contributed by atoms with van der Waals surface area (Å²) in [6, 6.07) is 4.61. The summed E-state index contributed by atoms with van der Waals surface area (Å²) >= 11 is 5.85. The first kappa shape index (κ1) is 20.4. The number of morpholine rings is 1. The molecular formula is C18H25Cl2FN2O2. The van der Waals surface area contributed by atoms with Gasteiger partial charge in [0, 0.05) is 13.0 Å². The van der Waals surface area contributed by atoms with Crippen molar-refractivity contribution in [2.75, 3.05) is 32.8 Å². The summed E-state index contributed by atoms with van der Waals surface area (Å²) < 4.78 is 19.1. The van der Waals surface area contributed by atoms with E-state index in [0.717, 1.165) is 37.9 Å². The maximum Gasteiger partial charge on any atom is 0.222 e. The maximum atomic E-state index is 13.3. The summed E-state index contributed by atoms with van der Waals surface area (Å²) in [6.07, 6.45) is 3.65. The van der Waals surface area contributed by atoms with Gasteiger partial charge in [-0.05, 0) is 56.0 Å². The van der Waals surface area contributed by atoms with Crippen LogP contribution in [-0.4, -0.2) is 43.6 Å². The van der Waals surface area contributed by atoms with Gasteiger partial charge in [-0.1, -0.05) is 17.7 Å². The molecule has 25 heavy (non-hydrogen) atoms. The second kappa shape index (κ2) is 9.72. The van der Waals surface area contributed by atoms with Gasteiger partial charge >= 0.3 is 0 Å². The van der Waals surface area contributed by atoms with Crippen LogP contribution in [0.5, 0.6) is 0 Å². The van der Waals surface area contributed by atoms with E-state index in [4.69, 9.17) is 16.3 Å². The van der Waals surface area contributed by atoms with Crippen molar-refractivity contribution in [2.45, 2.75) is 31.8 Å². The van der Waals surface area contributed by atoms with Gasteiger partial charge in [0.2, 0.25) is 5.91 Å². The molecule has 1 unspecified atom stereocenters. The van der Waals surface area contributed by atoms with Gasteiger partial charge in [-0.15, -0.1) is 12.4 Å². The van der Waals surface area contributed by atoms with E-state index >= 15 is 0 Å². The van der Waals surface area contributed by atoms with Crippen LogP contribution in [0.25, 0.3) is 0 Å². The van der Waals surface area contributed by atoms with Crippen molar-refractivity contribution in [1.29, 1.82) is 0 Å². The molecule has 1 amide bonds. The van der Waals surface area contributed by atoms with Crippen LogP contribution < -0.4 is 5.32 Å². The molecule has 0 bridgehead atoms. The summed E-state index contributed by atoms with van der Waals surface area (Å²) in [5.74, 6) is 0.407. The Morgan fingerprint density at radius 2 is 2.12 bits per heavy atom. The lowest BCUT2D eigenvalue weighted by Gasteiger charge is -2.34. The number of benzene rings is 1. The molecule has 0 saturated carbocycles. The molecule has 2 aliphatic rings. The van der Waals surface area contributed by atoms with Gasteiger partial charge < -0.3 is 15.0 Å². The fourth-order valence-corrected chi connectivity index (χ4v) is 3.64. The Labute approximate surface area is 159 Å². The Morgan fingerprint density at radius 1 is 1.36 bits per heavy atom. The van der Waals surface area contributed by atoms with Crippen LogP contribution in [0.3, 0.4) is 0 Å². The first-order valence-electron chi connectivity index (χ1n) is 8.68. The fraction of sp³-hybridized carbons (Fsp3) is 0.611. The Hall–Kier alpha value is -0.880. The third-order valence-corrected chi connectivity index (χ3v) is 5.25. The van der Waals surface area contributed by atoms with Gasteiger partial charge in [0.1, 0.15) is 11.9 Å². The highest BCUT2D eigenvalue weighted by Gasteiger charge is 2.26. The number of hydrogen-bond donors (Lipinski definition) is 1. The molecule has 2 heterocycles. The van der Waals surface area contributed by atoms with E-state index in [-0.39, 0.29) is 29.4 Å². The van der Waals surface area contributed by atoms with Crippen LogP contribution in [0.1, 0.15) is 37.4 Å². The number of carbonyl (C=O) groups is 1. The van der Waals surface area contributed by atoms with Crippen LogP contribution in [0.15, 0.2) is 18.2 Å². The molecule has 3 rings (SSSR count). The van der Waals surface area contributed by atoms with E-state index in [0.29, 0.717) is 32.0 Å². The maximum absolute atomic E-state index is 13.3. The van der Waals surface area contributed by atoms with E-state index < -0.39 is 5.82 Å². The van der Waals surface area contributed by atoms with Gasteiger partial charge in [-0.2, -0.15) is 0 Å². The van der Waals surface area contributed by atoms with Crippen molar-refractivity contribution in [1.82, 2.24) is 10.2 Å². The zero-order valence-corrected chi connectivity index (χ0v) is 15.8. The first-order chi connectivity index (χ1) is 11.6. The smallest absolute Gasteiger partial charge is 0.222 e. The lowest BCUT2D eigenvalue weighted by Crippen LogP contribution is -2.42. The first-order valence-corrected chi connectivity index (χ1v) is 9.06. The minimum atomic E-state index is -0.439. The number of halogens is 3. The number of piperidine rings is 1. The molecule has 7 heteroatoms. The minimum absolute atomic E-state index is 0. The second-order valence-corrected chi connectivity index (χ2v) is 7.01. The standard InChI is InChI=1S/C18H24ClFN2O2.ClH/c19-15-11-14(2-3-16(15)20)17-12-22(9-10-24-17)18(23)4-1-13-5-7-21-8-6-13;/h2-3,11,13,17,21H,1,4-10,12H2;1H. The molecule has 4 nitrogen and oxygen atoms in total. The topological polar surface area (TPSA) is 41.6 Å². The summed E-state index contributed by atoms with van der Waals surface area (Å²) in [5, 5.41) is 3.44. The quantitative estimate of drug-likeness (QED) is 0.853. The van der Waals surface area contributed by atoms with Crippen LogP contribution >= 0.6 is 24.0 Å². The number of nitrogens with one attached hydrogen (secondary N) is 1. The molecule has 0 radical (unpaired) electrons. The van der Waals surface area contributed by atoms with Crippen LogP contribution in [0.4, 0.5) is 4.39 Å². The summed E-state index contributed by atoms with van der Waals surface area (Å²) in [7, 11) is 0. The van der Waals surface area contributed by atoms with Crippen molar-refractivity contribution in [2.24, 2.45) is 5.92 Å². The van der Waals surface area contributed by atoms with Crippen molar-refractivity contribution in [3.63, 3.8) is 0 Å². The highest BCUT2D eigenvalue weighted by Crippen LogP contribution is 2.27. The van der Waals surface area contributed by atoms with Crippen LogP contribution in [0.2, 0.25) is 5.02 Å². The number of hydrogen-bond acceptors (Lipinski definition) is 3. The highest BCUT2D eigenvalue weighted by atomic mass is 35.5. The molecule has 1 aromatic rings. The molecule has 2 saturated heterocycles. The van der Waals surface area contributed by atoms with E-state index in [1.54, 1.807) is 12.1 Å². The summed E-state index contributed by atoms with van der Waals surface area (Å²) in [6.45, 7) is 3.75. The average molecular weight is 391 g/mol. The molecule has 2 fully saturated rings. The van der Waals surface area contributed by atoms with Crippen molar-refractivity contribution < 1.29 is 13.9 Å². The van der Waals surface area contributed by atoms with Gasteiger partial charge in [0.25, 0.3) is 0 Å². The van der Waals surface area contributed by atoms with E-state index in [2.05, 4.69) is 5.32 Å². The predicted molar refractivity (Wildman–Crippen MR) is 98.8 cm³/mol. The summed E-state index contributed by atoms with van der Waals surface area (Å²) in [5.41, 5.74) is 0.817. The molecular weight excluding hydrogens is 366 g/mol. The largest absolute Gasteiger partial charge is 0.370 e. The molecule has 1 N–H and O–H groups in total. The fourth-order valence-electron chi connectivity index (χ4n) is 3.45. The van der Waals surface area contributed by atoms with Crippen LogP contribution in [0, 0.1) is 11.7 Å². The lowest BCUT2D eigenvalue weighted by molar-refractivity contribution is -0.139. The second-order valence-electron chi connectivity index (χ2n) is 6.60. The zero-order chi connectivity index (χ0) is 16.9. The van der Waals surface area contributed by atoms with Gasteiger partial charge in [-0.25, -0.2) is 4.39 Å². The normalized spacial score (nSPS) is 21.7. The van der Waals surface area contributed by atoms with Crippen molar-refractivity contribution in [3.8, 4) is 0 Å². The van der Waals surface area contributed by atoms with E-state index in [9.17, 15) is 9.18 Å². The monoisotopic (exact) mass is 390 g/mol. The van der Waals surface area contributed by atoms with Crippen LogP contribution in [-0.2, 0) is 9.53 Å². The van der Waals surface area contributed by atoms with Gasteiger partial charge in [0.05, 0.1) is 18.2 Å². The Kier molecular flexibility index (Phi) is 7.94. The Balaban J connectivity index is 0.00000225. The number of amides is 1. The van der Waals surface area contributed by atoms with Crippen molar-refractivity contribution >= 4 is 29.9 Å². The van der Waals surface area contributed by atoms with Crippen molar-refractivity contribution in [3.05, 3.63) is 34.6 Å². The molecule has 0 spiro atoms. The number of carbonyl (C=O) groups excluding carboxylic acids is 1. The number of nitrogens with zero attached hydrogens (tertiary/aromatic N) is 1. The van der Waals surface area contributed by atoms with Gasteiger partial charge in [-0.3, -0.25) is 4.79 Å². The molecule has 0 aromatic heterocycles. The molecule has 1 aromatic carbocycles. The van der Waals surface area contributed by atoms with E-state index in [1.807, 2.05) is 4.90 Å². The Morgan fingerprint density at radius 3 is 2.84 bits per heavy atom. The summed E-state index contributed by atoms with van der Waals surface area (Å²) in [4.78, 5) is 14.4. The molecule has 2 aliphatic heterocycles. The zero-order valence-electron chi connectivity index (χ0n) is 14.2. The third kappa shape index (κ3) is 5.55.